The zero-order chi connectivity index (χ0) is 21.7. The number of amides is 2. The number of aromatic nitrogens is 3. The second-order valence-electron chi connectivity index (χ2n) is 5.98. The van der Waals surface area contributed by atoms with Crippen LogP contribution in [0.3, 0.4) is 0 Å². The highest BCUT2D eigenvalue weighted by Gasteiger charge is 2.31. The second-order valence-corrected chi connectivity index (χ2v) is 5.98. The molecule has 0 spiro atoms. The molecule has 156 valence electrons. The Kier molecular flexibility index (Phi) is 6.09. The van der Waals surface area contributed by atoms with E-state index in [0.29, 0.717) is 0 Å². The van der Waals surface area contributed by atoms with Gasteiger partial charge in [0, 0.05) is 6.20 Å². The van der Waals surface area contributed by atoms with Crippen molar-refractivity contribution in [3.8, 4) is 6.01 Å². The van der Waals surface area contributed by atoms with Gasteiger partial charge in [0.05, 0.1) is 30.8 Å². The van der Waals surface area contributed by atoms with Crippen molar-refractivity contribution in [2.75, 3.05) is 12.4 Å². The Hall–Kier alpha value is -3.76. The van der Waals surface area contributed by atoms with Gasteiger partial charge < -0.3 is 15.4 Å². The fourth-order valence-electron chi connectivity index (χ4n) is 2.57. The molecule has 1 unspecified atom stereocenters. The molecule has 1 aromatic carbocycles. The molecular weight excluding hydrogens is 406 g/mol. The number of urea groups is 1. The number of hydrogen-bond donors (Lipinski definition) is 2. The molecule has 2 amide bonds. The first-order chi connectivity index (χ1) is 14.3. The molecule has 7 nitrogen and oxygen atoms in total. The van der Waals surface area contributed by atoms with Gasteiger partial charge in [0.1, 0.15) is 17.6 Å². The highest BCUT2D eigenvalue weighted by atomic mass is 19.4. The molecule has 30 heavy (non-hydrogen) atoms. The number of pyridine rings is 1. The summed E-state index contributed by atoms with van der Waals surface area (Å²) in [7, 11) is 1.38. The van der Waals surface area contributed by atoms with Gasteiger partial charge in [-0.1, -0.05) is 12.1 Å². The minimum Gasteiger partial charge on any atom is -0.467 e. The normalized spacial score (nSPS) is 12.2. The zero-order valence-electron chi connectivity index (χ0n) is 15.4. The van der Waals surface area contributed by atoms with Crippen LogP contribution >= 0.6 is 0 Å². The molecule has 0 aliphatic rings. The number of nitrogens with one attached hydrogen (secondary N) is 2. The minimum absolute atomic E-state index is 0.0964. The highest BCUT2D eigenvalue weighted by Crippen LogP contribution is 2.31. The summed E-state index contributed by atoms with van der Waals surface area (Å²) in [5.74, 6) is -0.726. The van der Waals surface area contributed by atoms with Crippen LogP contribution in [0.2, 0.25) is 0 Å². The van der Waals surface area contributed by atoms with E-state index in [9.17, 15) is 22.4 Å². The van der Waals surface area contributed by atoms with E-state index < -0.39 is 29.6 Å². The van der Waals surface area contributed by atoms with Gasteiger partial charge in [-0.05, 0) is 29.8 Å². The van der Waals surface area contributed by atoms with E-state index in [1.165, 1.54) is 31.8 Å². The molecule has 3 aromatic rings. The van der Waals surface area contributed by atoms with Crippen molar-refractivity contribution in [2.24, 2.45) is 0 Å². The molecule has 0 saturated carbocycles. The molecule has 0 fully saturated rings. The van der Waals surface area contributed by atoms with Gasteiger partial charge in [0.2, 0.25) is 0 Å². The Bertz CT molecular complexity index is 1010. The Balaban J connectivity index is 1.86. The number of ether oxygens (including phenoxy) is 1. The lowest BCUT2D eigenvalue weighted by Gasteiger charge is -2.20. The topological polar surface area (TPSA) is 89.0 Å². The van der Waals surface area contributed by atoms with Crippen molar-refractivity contribution < 1.29 is 27.1 Å². The average molecular weight is 421 g/mol. The summed E-state index contributed by atoms with van der Waals surface area (Å²) in [4.78, 5) is 24.0. The van der Waals surface area contributed by atoms with Gasteiger partial charge in [-0.3, -0.25) is 4.98 Å². The summed E-state index contributed by atoms with van der Waals surface area (Å²) in [5, 5.41) is 4.96. The summed E-state index contributed by atoms with van der Waals surface area (Å²) in [6.07, 6.45) is -0.629. The summed E-state index contributed by atoms with van der Waals surface area (Å²) in [5.41, 5.74) is -0.590. The molecule has 2 heterocycles. The molecule has 3 rings (SSSR count). The number of anilines is 1. The quantitative estimate of drug-likeness (QED) is 0.609. The number of rotatable bonds is 5. The summed E-state index contributed by atoms with van der Waals surface area (Å²) < 4.78 is 57.7. The molecule has 0 aliphatic heterocycles. The maximum atomic E-state index is 14.3. The number of methoxy groups -OCH3 is 1. The SMILES string of the molecule is COc1ncc(NC(=O)NC(c2ccc(C(F)(F)F)cc2)c2ncccc2F)cn1. The lowest BCUT2D eigenvalue weighted by molar-refractivity contribution is -0.137. The fraction of sp³-hybridized carbons (Fsp3) is 0.158. The molecule has 11 heteroatoms. The Morgan fingerprint density at radius 3 is 2.30 bits per heavy atom. The third-order valence-corrected chi connectivity index (χ3v) is 3.98. The number of carbonyl (C=O) groups excluding carboxylic acids is 1. The van der Waals surface area contributed by atoms with Crippen LogP contribution in [0.1, 0.15) is 22.9 Å². The van der Waals surface area contributed by atoms with E-state index in [0.717, 1.165) is 30.3 Å². The molecule has 2 aromatic heterocycles. The smallest absolute Gasteiger partial charge is 0.416 e. The van der Waals surface area contributed by atoms with Crippen LogP contribution in [0.15, 0.2) is 55.0 Å². The fourth-order valence-corrected chi connectivity index (χ4v) is 2.57. The molecule has 1 atom stereocenters. The van der Waals surface area contributed by atoms with Crippen LogP contribution in [0.5, 0.6) is 6.01 Å². The molecule has 0 radical (unpaired) electrons. The number of halogens is 4. The van der Waals surface area contributed by atoms with Crippen molar-refractivity contribution >= 4 is 11.7 Å². The molecule has 2 N–H and O–H groups in total. The monoisotopic (exact) mass is 421 g/mol. The number of benzene rings is 1. The lowest BCUT2D eigenvalue weighted by Crippen LogP contribution is -2.34. The lowest BCUT2D eigenvalue weighted by atomic mass is 10.0. The second kappa shape index (κ2) is 8.72. The zero-order valence-corrected chi connectivity index (χ0v) is 15.4. The van der Waals surface area contributed by atoms with Crippen LogP contribution in [0.4, 0.5) is 28.0 Å². The molecule has 0 saturated heterocycles. The standard InChI is InChI=1S/C19H15F4N5O2/c1-30-18-25-9-13(10-26-18)27-17(29)28-15(16-14(20)3-2-8-24-16)11-4-6-12(7-5-11)19(21,22)23/h2-10,15H,1H3,(H2,27,28,29). The minimum atomic E-state index is -4.52. The molecule has 0 aliphatic carbocycles. The van der Waals surface area contributed by atoms with Crippen molar-refractivity contribution in [3.05, 3.63) is 77.6 Å². The first-order valence-electron chi connectivity index (χ1n) is 8.49. The van der Waals surface area contributed by atoms with Crippen molar-refractivity contribution in [3.63, 3.8) is 0 Å². The Labute approximate surface area is 168 Å². The third kappa shape index (κ3) is 4.99. The van der Waals surface area contributed by atoms with Gasteiger partial charge >= 0.3 is 18.2 Å². The van der Waals surface area contributed by atoms with Gasteiger partial charge in [-0.15, -0.1) is 0 Å². The van der Waals surface area contributed by atoms with E-state index in [1.54, 1.807) is 0 Å². The maximum absolute atomic E-state index is 14.3. The third-order valence-electron chi connectivity index (χ3n) is 3.98. The van der Waals surface area contributed by atoms with Crippen LogP contribution in [-0.4, -0.2) is 28.1 Å². The van der Waals surface area contributed by atoms with Crippen LogP contribution in [0.25, 0.3) is 0 Å². The van der Waals surface area contributed by atoms with E-state index in [4.69, 9.17) is 4.74 Å². The van der Waals surface area contributed by atoms with E-state index in [-0.39, 0.29) is 23.0 Å². The average Bonchev–Trinajstić information content (AvgIpc) is 2.73. The Morgan fingerprint density at radius 1 is 1.07 bits per heavy atom. The largest absolute Gasteiger partial charge is 0.467 e. The number of nitrogens with zero attached hydrogens (tertiary/aromatic N) is 3. The van der Waals surface area contributed by atoms with Gasteiger partial charge in [-0.25, -0.2) is 19.2 Å². The van der Waals surface area contributed by atoms with Crippen molar-refractivity contribution in [1.82, 2.24) is 20.3 Å². The van der Waals surface area contributed by atoms with Crippen molar-refractivity contribution in [2.45, 2.75) is 12.2 Å². The first-order valence-corrected chi connectivity index (χ1v) is 8.49. The van der Waals surface area contributed by atoms with Crippen LogP contribution in [-0.2, 0) is 6.18 Å². The molecule has 0 bridgehead atoms. The van der Waals surface area contributed by atoms with Crippen LogP contribution < -0.4 is 15.4 Å². The van der Waals surface area contributed by atoms with E-state index in [2.05, 4.69) is 25.6 Å². The van der Waals surface area contributed by atoms with E-state index in [1.807, 2.05) is 0 Å². The van der Waals surface area contributed by atoms with E-state index >= 15 is 0 Å². The predicted molar refractivity (Wildman–Crippen MR) is 98.2 cm³/mol. The highest BCUT2D eigenvalue weighted by molar-refractivity contribution is 5.89. The van der Waals surface area contributed by atoms with Gasteiger partial charge in [-0.2, -0.15) is 13.2 Å². The predicted octanol–water partition coefficient (Wildman–Crippen LogP) is 3.95. The summed E-state index contributed by atoms with van der Waals surface area (Å²) in [6, 6.07) is 4.68. The summed E-state index contributed by atoms with van der Waals surface area (Å²) >= 11 is 0. The van der Waals surface area contributed by atoms with Gasteiger partial charge in [0.25, 0.3) is 0 Å². The van der Waals surface area contributed by atoms with Crippen LogP contribution in [0, 0.1) is 5.82 Å². The number of alkyl halides is 3. The van der Waals surface area contributed by atoms with Crippen molar-refractivity contribution in [1.29, 1.82) is 0 Å². The first kappa shape index (κ1) is 21.0. The number of carbonyl (C=O) groups is 1. The van der Waals surface area contributed by atoms with Gasteiger partial charge in [0.15, 0.2) is 0 Å². The maximum Gasteiger partial charge on any atom is 0.416 e. The number of hydrogen-bond acceptors (Lipinski definition) is 5. The molecular formula is C19H15F4N5O2. The Morgan fingerprint density at radius 2 is 1.73 bits per heavy atom. The summed E-state index contributed by atoms with van der Waals surface area (Å²) in [6.45, 7) is 0.